The van der Waals surface area contributed by atoms with E-state index in [0.717, 1.165) is 18.5 Å². The van der Waals surface area contributed by atoms with Crippen molar-refractivity contribution in [2.75, 3.05) is 19.8 Å². The van der Waals surface area contributed by atoms with Gasteiger partial charge in [-0.15, -0.1) is 0 Å². The lowest BCUT2D eigenvalue weighted by atomic mass is 10.0. The van der Waals surface area contributed by atoms with E-state index in [9.17, 15) is 4.79 Å². The maximum Gasteiger partial charge on any atom is 0.227 e. The molecule has 1 aromatic rings. The molecule has 1 saturated heterocycles. The molecule has 1 amide bonds. The highest BCUT2D eigenvalue weighted by Gasteiger charge is 2.33. The van der Waals surface area contributed by atoms with Crippen molar-refractivity contribution < 1.29 is 9.53 Å². The summed E-state index contributed by atoms with van der Waals surface area (Å²) in [5, 5.41) is 6.31. The quantitative estimate of drug-likeness (QED) is 0.793. The molecule has 2 unspecified atom stereocenters. The van der Waals surface area contributed by atoms with E-state index >= 15 is 0 Å². The van der Waals surface area contributed by atoms with Gasteiger partial charge in [0.15, 0.2) is 0 Å². The highest BCUT2D eigenvalue weighted by atomic mass is 16.5. The summed E-state index contributed by atoms with van der Waals surface area (Å²) in [4.78, 5) is 16.2. The van der Waals surface area contributed by atoms with Crippen molar-refractivity contribution in [2.45, 2.75) is 25.9 Å². The Kier molecular flexibility index (Phi) is 5.30. The van der Waals surface area contributed by atoms with E-state index in [0.29, 0.717) is 19.8 Å². The third kappa shape index (κ3) is 4.01. The van der Waals surface area contributed by atoms with Gasteiger partial charge in [-0.2, -0.15) is 0 Å². The molecular weight excluding hydrogens is 242 g/mol. The zero-order valence-corrected chi connectivity index (χ0v) is 11.3. The average Bonchev–Trinajstić information content (AvgIpc) is 2.92. The number of hydrogen-bond acceptors (Lipinski definition) is 4. The van der Waals surface area contributed by atoms with Crippen molar-refractivity contribution >= 4 is 5.91 Å². The first kappa shape index (κ1) is 14.0. The molecule has 5 heteroatoms. The number of aromatic nitrogens is 1. The van der Waals surface area contributed by atoms with Crippen molar-refractivity contribution in [3.63, 3.8) is 0 Å². The van der Waals surface area contributed by atoms with E-state index in [-0.39, 0.29) is 17.9 Å². The lowest BCUT2D eigenvalue weighted by Crippen LogP contribution is -2.44. The molecule has 0 radical (unpaired) electrons. The maximum atomic E-state index is 12.1. The van der Waals surface area contributed by atoms with Crippen LogP contribution in [0.25, 0.3) is 0 Å². The van der Waals surface area contributed by atoms with Crippen LogP contribution in [0.3, 0.4) is 0 Å². The zero-order chi connectivity index (χ0) is 13.5. The minimum atomic E-state index is -0.0942. The van der Waals surface area contributed by atoms with Crippen LogP contribution in [0.4, 0.5) is 0 Å². The molecule has 2 N–H and O–H groups in total. The topological polar surface area (TPSA) is 63.2 Å². The number of ether oxygens (including phenoxy) is 1. The third-order valence-corrected chi connectivity index (χ3v) is 3.26. The molecule has 0 bridgehead atoms. The Morgan fingerprint density at radius 2 is 2.42 bits per heavy atom. The fourth-order valence-corrected chi connectivity index (χ4v) is 2.17. The number of nitrogens with zero attached hydrogens (tertiary/aromatic N) is 1. The first-order valence-electron chi connectivity index (χ1n) is 6.79. The van der Waals surface area contributed by atoms with Crippen LogP contribution < -0.4 is 10.6 Å². The van der Waals surface area contributed by atoms with E-state index in [1.165, 1.54) is 0 Å². The molecule has 2 heterocycles. The second kappa shape index (κ2) is 7.21. The van der Waals surface area contributed by atoms with E-state index < -0.39 is 0 Å². The SMILES string of the molecule is CCCNC1COCC1C(=O)NCc1cccnc1. The van der Waals surface area contributed by atoms with E-state index in [1.807, 2.05) is 12.1 Å². The highest BCUT2D eigenvalue weighted by Crippen LogP contribution is 2.14. The van der Waals surface area contributed by atoms with Gasteiger partial charge in [0, 0.05) is 25.0 Å². The lowest BCUT2D eigenvalue weighted by molar-refractivity contribution is -0.125. The summed E-state index contributed by atoms with van der Waals surface area (Å²) < 4.78 is 5.40. The van der Waals surface area contributed by atoms with Crippen LogP contribution in [0, 0.1) is 5.92 Å². The summed E-state index contributed by atoms with van der Waals surface area (Å²) in [6, 6.07) is 3.95. The molecule has 0 aliphatic carbocycles. The molecular formula is C14H21N3O2. The predicted molar refractivity (Wildman–Crippen MR) is 72.5 cm³/mol. The molecule has 1 aromatic heterocycles. The number of nitrogens with one attached hydrogen (secondary N) is 2. The number of carbonyl (C=O) groups excluding carboxylic acids is 1. The Hall–Kier alpha value is -1.46. The molecule has 0 spiro atoms. The smallest absolute Gasteiger partial charge is 0.227 e. The molecule has 1 fully saturated rings. The molecule has 104 valence electrons. The van der Waals surface area contributed by atoms with Crippen molar-refractivity contribution in [3.8, 4) is 0 Å². The lowest BCUT2D eigenvalue weighted by Gasteiger charge is -2.18. The van der Waals surface area contributed by atoms with Gasteiger partial charge >= 0.3 is 0 Å². The molecule has 1 aliphatic rings. The zero-order valence-electron chi connectivity index (χ0n) is 11.3. The number of carbonyl (C=O) groups is 1. The Labute approximate surface area is 113 Å². The molecule has 0 aromatic carbocycles. The van der Waals surface area contributed by atoms with Gasteiger partial charge < -0.3 is 15.4 Å². The van der Waals surface area contributed by atoms with Crippen LogP contribution in [0.2, 0.25) is 0 Å². The monoisotopic (exact) mass is 263 g/mol. The van der Waals surface area contributed by atoms with Gasteiger partial charge in [0.25, 0.3) is 0 Å². The summed E-state index contributed by atoms with van der Waals surface area (Å²) in [5.41, 5.74) is 1.01. The van der Waals surface area contributed by atoms with Crippen LogP contribution in [0.15, 0.2) is 24.5 Å². The fraction of sp³-hybridized carbons (Fsp3) is 0.571. The first-order chi connectivity index (χ1) is 9.31. The molecule has 0 saturated carbocycles. The Bertz CT molecular complexity index is 397. The second-order valence-corrected chi connectivity index (χ2v) is 4.78. The minimum absolute atomic E-state index is 0.0509. The number of rotatable bonds is 6. The van der Waals surface area contributed by atoms with Crippen LogP contribution in [0.1, 0.15) is 18.9 Å². The van der Waals surface area contributed by atoms with Crippen LogP contribution in [-0.4, -0.2) is 36.7 Å². The van der Waals surface area contributed by atoms with Gasteiger partial charge in [-0.1, -0.05) is 13.0 Å². The molecule has 2 atom stereocenters. The summed E-state index contributed by atoms with van der Waals surface area (Å²) >= 11 is 0. The van der Waals surface area contributed by atoms with Crippen molar-refractivity contribution in [1.29, 1.82) is 0 Å². The van der Waals surface area contributed by atoms with Gasteiger partial charge in [-0.05, 0) is 24.6 Å². The van der Waals surface area contributed by atoms with Gasteiger partial charge in [0.1, 0.15) is 0 Å². The van der Waals surface area contributed by atoms with Crippen LogP contribution in [-0.2, 0) is 16.1 Å². The maximum absolute atomic E-state index is 12.1. The van der Waals surface area contributed by atoms with E-state index in [1.54, 1.807) is 12.4 Å². The number of amides is 1. The van der Waals surface area contributed by atoms with Gasteiger partial charge in [0.05, 0.1) is 19.1 Å². The van der Waals surface area contributed by atoms with Gasteiger partial charge in [-0.25, -0.2) is 0 Å². The predicted octanol–water partition coefficient (Wildman–Crippen LogP) is 0.712. The van der Waals surface area contributed by atoms with E-state index in [2.05, 4.69) is 22.5 Å². The van der Waals surface area contributed by atoms with Crippen molar-refractivity contribution in [1.82, 2.24) is 15.6 Å². The van der Waals surface area contributed by atoms with Crippen molar-refractivity contribution in [3.05, 3.63) is 30.1 Å². The Balaban J connectivity index is 1.82. The Morgan fingerprint density at radius 3 is 3.16 bits per heavy atom. The van der Waals surface area contributed by atoms with Crippen molar-refractivity contribution in [2.24, 2.45) is 5.92 Å². The fourth-order valence-electron chi connectivity index (χ4n) is 2.17. The summed E-state index contributed by atoms with van der Waals surface area (Å²) in [6.07, 6.45) is 4.54. The van der Waals surface area contributed by atoms with Crippen LogP contribution in [0.5, 0.6) is 0 Å². The van der Waals surface area contributed by atoms with Crippen LogP contribution >= 0.6 is 0 Å². The summed E-state index contributed by atoms with van der Waals surface area (Å²) in [5.74, 6) is -0.0434. The standard InChI is InChI=1S/C14H21N3O2/c1-2-5-16-13-10-19-9-12(13)14(18)17-8-11-4-3-6-15-7-11/h3-4,6-7,12-13,16H,2,5,8-10H2,1H3,(H,17,18). The largest absolute Gasteiger partial charge is 0.379 e. The number of pyridine rings is 1. The number of hydrogen-bond donors (Lipinski definition) is 2. The molecule has 2 rings (SSSR count). The van der Waals surface area contributed by atoms with E-state index in [4.69, 9.17) is 4.74 Å². The Morgan fingerprint density at radius 1 is 1.53 bits per heavy atom. The highest BCUT2D eigenvalue weighted by molar-refractivity contribution is 5.79. The molecule has 5 nitrogen and oxygen atoms in total. The average molecular weight is 263 g/mol. The van der Waals surface area contributed by atoms with Gasteiger partial charge in [0.2, 0.25) is 5.91 Å². The van der Waals surface area contributed by atoms with Gasteiger partial charge in [-0.3, -0.25) is 9.78 Å². The molecule has 1 aliphatic heterocycles. The molecule has 19 heavy (non-hydrogen) atoms. The minimum Gasteiger partial charge on any atom is -0.379 e. The summed E-state index contributed by atoms with van der Waals surface area (Å²) in [6.45, 7) is 4.66. The third-order valence-electron chi connectivity index (χ3n) is 3.26. The summed E-state index contributed by atoms with van der Waals surface area (Å²) in [7, 11) is 0. The normalized spacial score (nSPS) is 22.4. The first-order valence-corrected chi connectivity index (χ1v) is 6.79. The second-order valence-electron chi connectivity index (χ2n) is 4.78.